The fourth-order valence-electron chi connectivity index (χ4n) is 2.65. The van der Waals surface area contributed by atoms with Gasteiger partial charge in [-0.2, -0.15) is 0 Å². The first kappa shape index (κ1) is 21.8. The highest BCUT2D eigenvalue weighted by Crippen LogP contribution is 2.38. The summed E-state index contributed by atoms with van der Waals surface area (Å²) in [6.45, 7) is 1.50. The Bertz CT molecular complexity index is 838. The maximum atomic E-state index is 12.0. The number of methoxy groups -OCH3 is 3. The first-order valence-electron chi connectivity index (χ1n) is 8.97. The molecule has 0 aliphatic carbocycles. The van der Waals surface area contributed by atoms with E-state index in [0.717, 1.165) is 5.56 Å². The van der Waals surface area contributed by atoms with Crippen molar-refractivity contribution in [1.82, 2.24) is 5.32 Å². The minimum absolute atomic E-state index is 0.183. The third-order valence-electron chi connectivity index (χ3n) is 4.12. The predicted molar refractivity (Wildman–Crippen MR) is 109 cm³/mol. The van der Waals surface area contributed by atoms with Gasteiger partial charge in [0.1, 0.15) is 0 Å². The minimum atomic E-state index is -0.638. The first-order valence-corrected chi connectivity index (χ1v) is 8.97. The Balaban J connectivity index is 1.92. The Morgan fingerprint density at radius 2 is 1.62 bits per heavy atom. The van der Waals surface area contributed by atoms with Crippen molar-refractivity contribution in [2.45, 2.75) is 13.0 Å². The van der Waals surface area contributed by atoms with Crippen LogP contribution in [0.25, 0.3) is 6.08 Å². The lowest BCUT2D eigenvalue weighted by molar-refractivity contribution is -0.144. The van der Waals surface area contributed by atoms with Gasteiger partial charge in [-0.15, -0.1) is 0 Å². The number of esters is 1. The van der Waals surface area contributed by atoms with Crippen LogP contribution in [0.15, 0.2) is 48.5 Å². The Morgan fingerprint density at radius 1 is 1.00 bits per heavy atom. The number of hydrogen-bond acceptors (Lipinski definition) is 6. The molecule has 2 aromatic carbocycles. The van der Waals surface area contributed by atoms with Crippen LogP contribution in [0.3, 0.4) is 0 Å². The molecule has 1 unspecified atom stereocenters. The van der Waals surface area contributed by atoms with Crippen LogP contribution < -0.4 is 19.5 Å². The second-order valence-corrected chi connectivity index (χ2v) is 6.10. The van der Waals surface area contributed by atoms with Gasteiger partial charge in [-0.3, -0.25) is 4.79 Å². The van der Waals surface area contributed by atoms with Crippen molar-refractivity contribution in [2.75, 3.05) is 27.9 Å². The second kappa shape index (κ2) is 10.8. The SMILES string of the molecule is COc1cc(/C=C/C(=O)OCC(=O)NC(C)c2ccccc2)cc(OC)c1OC. The molecule has 7 nitrogen and oxygen atoms in total. The van der Waals surface area contributed by atoms with E-state index in [1.165, 1.54) is 33.5 Å². The topological polar surface area (TPSA) is 83.1 Å². The van der Waals surface area contributed by atoms with E-state index in [-0.39, 0.29) is 18.6 Å². The smallest absolute Gasteiger partial charge is 0.331 e. The average Bonchev–Trinajstić information content (AvgIpc) is 2.75. The summed E-state index contributed by atoms with van der Waals surface area (Å²) in [5.74, 6) is 0.374. The van der Waals surface area contributed by atoms with Crippen molar-refractivity contribution < 1.29 is 28.5 Å². The summed E-state index contributed by atoms with van der Waals surface area (Å²) in [6, 6.07) is 12.7. The Morgan fingerprint density at radius 3 is 2.17 bits per heavy atom. The number of rotatable bonds is 9. The Kier molecular flexibility index (Phi) is 8.09. The standard InChI is InChI=1S/C22H25NO6/c1-15(17-8-6-5-7-9-17)23-20(24)14-29-21(25)11-10-16-12-18(26-2)22(28-4)19(13-16)27-3/h5-13,15H,14H2,1-4H3,(H,23,24)/b11-10+. The molecule has 0 aromatic heterocycles. The van der Waals surface area contributed by atoms with Crippen molar-refractivity contribution in [3.63, 3.8) is 0 Å². The van der Waals surface area contributed by atoms with E-state index < -0.39 is 5.97 Å². The van der Waals surface area contributed by atoms with Crippen LogP contribution >= 0.6 is 0 Å². The number of ether oxygens (including phenoxy) is 4. The Labute approximate surface area is 170 Å². The molecule has 1 N–H and O–H groups in total. The lowest BCUT2D eigenvalue weighted by atomic mass is 10.1. The van der Waals surface area contributed by atoms with Crippen molar-refractivity contribution in [3.05, 3.63) is 59.7 Å². The highest BCUT2D eigenvalue weighted by molar-refractivity contribution is 5.89. The molecule has 0 heterocycles. The summed E-state index contributed by atoms with van der Waals surface area (Å²) in [4.78, 5) is 23.9. The number of hydrogen-bond donors (Lipinski definition) is 1. The molecule has 0 aliphatic heterocycles. The molecule has 0 saturated heterocycles. The lowest BCUT2D eigenvalue weighted by Gasteiger charge is -2.14. The van der Waals surface area contributed by atoms with Crippen molar-refractivity contribution >= 4 is 18.0 Å². The summed E-state index contributed by atoms with van der Waals surface area (Å²) in [5, 5.41) is 2.78. The zero-order valence-electron chi connectivity index (χ0n) is 16.9. The van der Waals surface area contributed by atoms with Gasteiger partial charge in [0.05, 0.1) is 27.4 Å². The van der Waals surface area contributed by atoms with Gasteiger partial charge in [0, 0.05) is 6.08 Å². The first-order chi connectivity index (χ1) is 14.0. The second-order valence-electron chi connectivity index (χ2n) is 6.10. The van der Waals surface area contributed by atoms with Crippen LogP contribution in [-0.4, -0.2) is 39.8 Å². The van der Waals surface area contributed by atoms with Crippen LogP contribution in [-0.2, 0) is 14.3 Å². The van der Waals surface area contributed by atoms with Gasteiger partial charge in [-0.25, -0.2) is 4.79 Å². The van der Waals surface area contributed by atoms with Crippen molar-refractivity contribution in [2.24, 2.45) is 0 Å². The number of benzene rings is 2. The molecule has 29 heavy (non-hydrogen) atoms. The van der Waals surface area contributed by atoms with E-state index in [4.69, 9.17) is 18.9 Å². The average molecular weight is 399 g/mol. The van der Waals surface area contributed by atoms with E-state index in [1.54, 1.807) is 12.1 Å². The van der Waals surface area contributed by atoms with Gasteiger partial charge in [0.25, 0.3) is 5.91 Å². The van der Waals surface area contributed by atoms with Crippen LogP contribution in [0, 0.1) is 0 Å². The maximum Gasteiger partial charge on any atom is 0.331 e. The number of nitrogens with one attached hydrogen (secondary N) is 1. The molecule has 7 heteroatoms. The zero-order chi connectivity index (χ0) is 21.2. The predicted octanol–water partition coefficient (Wildman–Crippen LogP) is 3.15. The zero-order valence-corrected chi connectivity index (χ0v) is 16.9. The third kappa shape index (κ3) is 6.27. The molecule has 0 saturated carbocycles. The summed E-state index contributed by atoms with van der Waals surface area (Å²) in [7, 11) is 4.53. The van der Waals surface area contributed by atoms with Crippen LogP contribution in [0.2, 0.25) is 0 Å². The monoisotopic (exact) mass is 399 g/mol. The molecule has 1 atom stereocenters. The quantitative estimate of drug-likeness (QED) is 0.515. The highest BCUT2D eigenvalue weighted by Gasteiger charge is 2.13. The van der Waals surface area contributed by atoms with E-state index in [1.807, 2.05) is 37.3 Å². The largest absolute Gasteiger partial charge is 0.493 e. The van der Waals surface area contributed by atoms with Crippen LogP contribution in [0.1, 0.15) is 24.1 Å². The molecule has 2 aromatic rings. The van der Waals surface area contributed by atoms with E-state index >= 15 is 0 Å². The molecule has 2 rings (SSSR count). The van der Waals surface area contributed by atoms with E-state index in [0.29, 0.717) is 22.8 Å². The molecule has 0 bridgehead atoms. The van der Waals surface area contributed by atoms with Gasteiger partial charge >= 0.3 is 5.97 Å². The maximum absolute atomic E-state index is 12.0. The fourth-order valence-corrected chi connectivity index (χ4v) is 2.65. The number of carbonyl (C=O) groups excluding carboxylic acids is 2. The molecule has 1 amide bonds. The molecular formula is C22H25NO6. The van der Waals surface area contributed by atoms with Crippen LogP contribution in [0.4, 0.5) is 0 Å². The molecule has 0 fully saturated rings. The Hall–Kier alpha value is -3.48. The van der Waals surface area contributed by atoms with Crippen LogP contribution in [0.5, 0.6) is 17.2 Å². The van der Waals surface area contributed by atoms with E-state index in [9.17, 15) is 9.59 Å². The summed E-state index contributed by atoms with van der Waals surface area (Å²) >= 11 is 0. The van der Waals surface area contributed by atoms with Gasteiger partial charge in [-0.1, -0.05) is 30.3 Å². The van der Waals surface area contributed by atoms with Crippen molar-refractivity contribution in [3.8, 4) is 17.2 Å². The number of carbonyl (C=O) groups is 2. The minimum Gasteiger partial charge on any atom is -0.493 e. The van der Waals surface area contributed by atoms with E-state index in [2.05, 4.69) is 5.32 Å². The van der Waals surface area contributed by atoms with Gasteiger partial charge < -0.3 is 24.3 Å². The van der Waals surface area contributed by atoms with Gasteiger partial charge in [0.15, 0.2) is 18.1 Å². The summed E-state index contributed by atoms with van der Waals surface area (Å²) in [6.07, 6.45) is 2.77. The molecule has 0 spiro atoms. The molecule has 154 valence electrons. The van der Waals surface area contributed by atoms with Crippen molar-refractivity contribution in [1.29, 1.82) is 0 Å². The summed E-state index contributed by atoms with van der Waals surface area (Å²) < 4.78 is 20.8. The highest BCUT2D eigenvalue weighted by atomic mass is 16.5. The van der Waals surface area contributed by atoms with Gasteiger partial charge in [-0.05, 0) is 36.3 Å². The summed E-state index contributed by atoms with van der Waals surface area (Å²) in [5.41, 5.74) is 1.62. The normalized spacial score (nSPS) is 11.6. The molecule has 0 radical (unpaired) electrons. The third-order valence-corrected chi connectivity index (χ3v) is 4.12. The molecule has 0 aliphatic rings. The van der Waals surface area contributed by atoms with Gasteiger partial charge in [0.2, 0.25) is 5.75 Å². The fraction of sp³-hybridized carbons (Fsp3) is 0.273. The molecular weight excluding hydrogens is 374 g/mol. The lowest BCUT2D eigenvalue weighted by Crippen LogP contribution is -2.30. The number of amides is 1.